The molecule has 1 aliphatic carbocycles. The Bertz CT molecular complexity index is 305. The van der Waals surface area contributed by atoms with E-state index >= 15 is 0 Å². The zero-order chi connectivity index (χ0) is 15.7. The molecule has 21 heavy (non-hydrogen) atoms. The topological polar surface area (TPSA) is 41.6 Å². The summed E-state index contributed by atoms with van der Waals surface area (Å²) < 4.78 is 5.26. The second kappa shape index (κ2) is 9.42. The van der Waals surface area contributed by atoms with Crippen molar-refractivity contribution in [3.8, 4) is 0 Å². The molecule has 0 radical (unpaired) electrons. The van der Waals surface area contributed by atoms with Gasteiger partial charge in [0.1, 0.15) is 5.54 Å². The van der Waals surface area contributed by atoms with Gasteiger partial charge in [0.15, 0.2) is 0 Å². The van der Waals surface area contributed by atoms with Gasteiger partial charge in [0.25, 0.3) is 0 Å². The van der Waals surface area contributed by atoms with E-state index in [2.05, 4.69) is 24.1 Å². The molecule has 4 nitrogen and oxygen atoms in total. The van der Waals surface area contributed by atoms with Gasteiger partial charge in [-0.05, 0) is 72.0 Å². The van der Waals surface area contributed by atoms with E-state index in [0.29, 0.717) is 12.6 Å². The summed E-state index contributed by atoms with van der Waals surface area (Å²) in [6.07, 6.45) is 6.66. The summed E-state index contributed by atoms with van der Waals surface area (Å²) in [5, 5.41) is 3.49. The van der Waals surface area contributed by atoms with Crippen molar-refractivity contribution in [1.82, 2.24) is 10.2 Å². The third-order valence-electron chi connectivity index (χ3n) is 4.21. The largest absolute Gasteiger partial charge is 0.465 e. The minimum Gasteiger partial charge on any atom is -0.465 e. The Morgan fingerprint density at radius 1 is 1.24 bits per heavy atom. The summed E-state index contributed by atoms with van der Waals surface area (Å²) in [5.41, 5.74) is -0.501. The van der Waals surface area contributed by atoms with E-state index in [1.165, 1.54) is 25.8 Å². The summed E-state index contributed by atoms with van der Waals surface area (Å²) in [6.45, 7) is 12.2. The van der Waals surface area contributed by atoms with Gasteiger partial charge in [-0.15, -0.1) is 0 Å². The fourth-order valence-corrected chi connectivity index (χ4v) is 2.76. The van der Waals surface area contributed by atoms with Crippen LogP contribution >= 0.6 is 0 Å². The highest BCUT2D eigenvalue weighted by Gasteiger charge is 2.39. The summed E-state index contributed by atoms with van der Waals surface area (Å²) in [6, 6.07) is 0.520. The Hall–Kier alpha value is -0.610. The monoisotopic (exact) mass is 298 g/mol. The summed E-state index contributed by atoms with van der Waals surface area (Å²) in [5.74, 6) is -0.0854. The maximum Gasteiger partial charge on any atom is 0.326 e. The summed E-state index contributed by atoms with van der Waals surface area (Å²) >= 11 is 0. The van der Waals surface area contributed by atoms with E-state index in [0.717, 1.165) is 32.4 Å². The van der Waals surface area contributed by atoms with Crippen molar-refractivity contribution in [3.63, 3.8) is 0 Å². The first-order valence-electron chi connectivity index (χ1n) is 8.73. The molecule has 0 amide bonds. The maximum absolute atomic E-state index is 12.2. The molecular formula is C17H34N2O2. The number of nitrogens with zero attached hydrogens (tertiary/aromatic N) is 1. The summed E-state index contributed by atoms with van der Waals surface area (Å²) in [4.78, 5) is 14.7. The molecule has 1 aliphatic rings. The number of hydrogen-bond acceptors (Lipinski definition) is 4. The van der Waals surface area contributed by atoms with Crippen LogP contribution in [0.4, 0.5) is 0 Å². The molecule has 124 valence electrons. The molecule has 1 unspecified atom stereocenters. The van der Waals surface area contributed by atoms with Crippen molar-refractivity contribution >= 4 is 5.97 Å². The predicted molar refractivity (Wildman–Crippen MR) is 87.5 cm³/mol. The first kappa shape index (κ1) is 18.4. The maximum atomic E-state index is 12.2. The first-order valence-corrected chi connectivity index (χ1v) is 8.73. The number of rotatable bonds is 12. The average Bonchev–Trinajstić information content (AvgIpc) is 3.26. The highest BCUT2D eigenvalue weighted by atomic mass is 16.5. The van der Waals surface area contributed by atoms with Crippen LogP contribution in [0.5, 0.6) is 0 Å². The molecule has 0 saturated heterocycles. The van der Waals surface area contributed by atoms with Crippen LogP contribution in [0.15, 0.2) is 0 Å². The third-order valence-corrected chi connectivity index (χ3v) is 4.21. The highest BCUT2D eigenvalue weighted by Crippen LogP contribution is 2.26. The number of carbonyl (C=O) groups excluding carboxylic acids is 1. The molecule has 1 fully saturated rings. The van der Waals surface area contributed by atoms with Crippen molar-refractivity contribution in [2.24, 2.45) is 0 Å². The SMILES string of the molecule is CCCN(CC)CCCCC(C)(NC1CC1)C(=O)OCC. The quantitative estimate of drug-likeness (QED) is 0.444. The zero-order valence-corrected chi connectivity index (χ0v) is 14.4. The highest BCUT2D eigenvalue weighted by molar-refractivity contribution is 5.80. The lowest BCUT2D eigenvalue weighted by Crippen LogP contribution is -2.51. The van der Waals surface area contributed by atoms with Gasteiger partial charge < -0.3 is 9.64 Å². The molecule has 1 rings (SSSR count). The Labute approximate surface area is 130 Å². The fraction of sp³-hybridized carbons (Fsp3) is 0.941. The van der Waals surface area contributed by atoms with Crippen molar-refractivity contribution in [2.75, 3.05) is 26.2 Å². The van der Waals surface area contributed by atoms with Gasteiger partial charge >= 0.3 is 5.97 Å². The van der Waals surface area contributed by atoms with Crippen LogP contribution in [0.2, 0.25) is 0 Å². The normalized spacial score (nSPS) is 17.8. The molecule has 0 heterocycles. The van der Waals surface area contributed by atoms with Gasteiger partial charge in [-0.3, -0.25) is 10.1 Å². The van der Waals surface area contributed by atoms with Gasteiger partial charge in [0.2, 0.25) is 0 Å². The average molecular weight is 298 g/mol. The van der Waals surface area contributed by atoms with Crippen LogP contribution in [0, 0.1) is 0 Å². The van der Waals surface area contributed by atoms with Crippen LogP contribution in [0.3, 0.4) is 0 Å². The first-order chi connectivity index (χ1) is 10.1. The number of hydrogen-bond donors (Lipinski definition) is 1. The number of carbonyl (C=O) groups is 1. The Balaban J connectivity index is 2.36. The van der Waals surface area contributed by atoms with E-state index in [1.54, 1.807) is 0 Å². The van der Waals surface area contributed by atoms with Crippen molar-refractivity contribution in [3.05, 3.63) is 0 Å². The van der Waals surface area contributed by atoms with E-state index in [9.17, 15) is 4.79 Å². The molecule has 0 aromatic rings. The van der Waals surface area contributed by atoms with Crippen molar-refractivity contribution in [1.29, 1.82) is 0 Å². The smallest absolute Gasteiger partial charge is 0.326 e. The number of nitrogens with one attached hydrogen (secondary N) is 1. The van der Waals surface area contributed by atoms with Crippen LogP contribution in [-0.4, -0.2) is 48.7 Å². The molecule has 4 heteroatoms. The molecule has 0 bridgehead atoms. The second-order valence-electron chi connectivity index (χ2n) is 6.36. The molecule has 1 N–H and O–H groups in total. The van der Waals surface area contributed by atoms with Gasteiger partial charge in [0.05, 0.1) is 6.61 Å². The van der Waals surface area contributed by atoms with E-state index in [1.807, 2.05) is 13.8 Å². The van der Waals surface area contributed by atoms with Crippen LogP contribution in [-0.2, 0) is 9.53 Å². The van der Waals surface area contributed by atoms with Gasteiger partial charge in [-0.25, -0.2) is 0 Å². The Kier molecular flexibility index (Phi) is 8.27. The molecule has 1 saturated carbocycles. The second-order valence-corrected chi connectivity index (χ2v) is 6.36. The third kappa shape index (κ3) is 6.79. The Morgan fingerprint density at radius 2 is 1.95 bits per heavy atom. The Morgan fingerprint density at radius 3 is 2.48 bits per heavy atom. The molecule has 0 aromatic carbocycles. The van der Waals surface area contributed by atoms with Crippen molar-refractivity contribution < 1.29 is 9.53 Å². The molecule has 0 aliphatic heterocycles. The lowest BCUT2D eigenvalue weighted by atomic mass is 9.94. The van der Waals surface area contributed by atoms with E-state index in [-0.39, 0.29) is 5.97 Å². The van der Waals surface area contributed by atoms with Crippen LogP contribution < -0.4 is 5.32 Å². The van der Waals surface area contributed by atoms with E-state index < -0.39 is 5.54 Å². The lowest BCUT2D eigenvalue weighted by Gasteiger charge is -2.29. The standard InChI is InChI=1S/C17H34N2O2/c1-5-13-19(6-2)14-9-8-12-17(4,16(20)21-7-3)18-15-10-11-15/h15,18H,5-14H2,1-4H3. The fourth-order valence-electron chi connectivity index (χ4n) is 2.76. The molecule has 0 spiro atoms. The van der Waals surface area contributed by atoms with Crippen LogP contribution in [0.25, 0.3) is 0 Å². The zero-order valence-electron chi connectivity index (χ0n) is 14.4. The van der Waals surface area contributed by atoms with Gasteiger partial charge in [-0.2, -0.15) is 0 Å². The predicted octanol–water partition coefficient (Wildman–Crippen LogP) is 2.96. The molecule has 0 aromatic heterocycles. The van der Waals surface area contributed by atoms with Gasteiger partial charge in [0, 0.05) is 6.04 Å². The molecular weight excluding hydrogens is 264 g/mol. The minimum atomic E-state index is -0.501. The lowest BCUT2D eigenvalue weighted by molar-refractivity contribution is -0.151. The number of ether oxygens (including phenoxy) is 1. The minimum absolute atomic E-state index is 0.0854. The summed E-state index contributed by atoms with van der Waals surface area (Å²) in [7, 11) is 0. The number of unbranched alkanes of at least 4 members (excludes halogenated alkanes) is 1. The van der Waals surface area contributed by atoms with Crippen molar-refractivity contribution in [2.45, 2.75) is 77.8 Å². The van der Waals surface area contributed by atoms with E-state index in [4.69, 9.17) is 4.74 Å². The van der Waals surface area contributed by atoms with Gasteiger partial charge in [-0.1, -0.05) is 13.8 Å². The van der Waals surface area contributed by atoms with Crippen LogP contribution in [0.1, 0.15) is 66.2 Å². The number of esters is 1. The molecule has 1 atom stereocenters.